The number of benzene rings is 1. The minimum atomic E-state index is -0.333. The van der Waals surface area contributed by atoms with E-state index in [-0.39, 0.29) is 5.41 Å². The van der Waals surface area contributed by atoms with Gasteiger partial charge in [0.25, 0.3) is 0 Å². The first-order valence-electron chi connectivity index (χ1n) is 5.81. The zero-order valence-corrected chi connectivity index (χ0v) is 11.1. The Morgan fingerprint density at radius 2 is 1.88 bits per heavy atom. The van der Waals surface area contributed by atoms with Crippen LogP contribution in [0.5, 0.6) is 5.75 Å². The normalized spacial score (nSPS) is 11.2. The molecule has 0 atom stereocenters. The highest BCUT2D eigenvalue weighted by Crippen LogP contribution is 2.20. The summed E-state index contributed by atoms with van der Waals surface area (Å²) in [6, 6.07) is 7.32. The van der Waals surface area contributed by atoms with Gasteiger partial charge in [-0.3, -0.25) is 4.79 Å². The van der Waals surface area contributed by atoms with E-state index in [1.54, 1.807) is 12.1 Å². The predicted molar refractivity (Wildman–Crippen MR) is 70.3 cm³/mol. The topological polar surface area (TPSA) is 26.3 Å². The standard InChI is InChI=1S/C14H18ClO2/c1-14(2,11-16)9-3-4-10-17-13-7-5-12(15)6-8-13/h5-8H,3-4,9-10H2,1-2H3. The molecule has 17 heavy (non-hydrogen) atoms. The van der Waals surface area contributed by atoms with Gasteiger partial charge in [-0.2, -0.15) is 0 Å². The van der Waals surface area contributed by atoms with Crippen molar-refractivity contribution in [2.45, 2.75) is 33.1 Å². The van der Waals surface area contributed by atoms with Crippen LogP contribution in [0.3, 0.4) is 0 Å². The van der Waals surface area contributed by atoms with Crippen LogP contribution < -0.4 is 4.74 Å². The van der Waals surface area contributed by atoms with Gasteiger partial charge in [-0.15, -0.1) is 0 Å². The Balaban J connectivity index is 2.16. The average molecular weight is 254 g/mol. The molecule has 1 radical (unpaired) electrons. The van der Waals surface area contributed by atoms with E-state index >= 15 is 0 Å². The lowest BCUT2D eigenvalue weighted by Gasteiger charge is -2.14. The van der Waals surface area contributed by atoms with Gasteiger partial charge >= 0.3 is 0 Å². The molecule has 93 valence electrons. The Hall–Kier alpha value is -1.02. The molecule has 0 spiro atoms. The molecule has 0 aliphatic heterocycles. The van der Waals surface area contributed by atoms with Gasteiger partial charge in [0.1, 0.15) is 5.75 Å². The van der Waals surface area contributed by atoms with E-state index in [0.29, 0.717) is 11.6 Å². The van der Waals surface area contributed by atoms with Crippen LogP contribution in [-0.4, -0.2) is 12.9 Å². The van der Waals surface area contributed by atoms with E-state index in [0.717, 1.165) is 25.0 Å². The van der Waals surface area contributed by atoms with Crippen molar-refractivity contribution in [3.05, 3.63) is 29.3 Å². The number of carbonyl (C=O) groups excluding carboxylic acids is 1. The van der Waals surface area contributed by atoms with Crippen LogP contribution in [0.25, 0.3) is 0 Å². The van der Waals surface area contributed by atoms with E-state index in [1.807, 2.05) is 26.0 Å². The number of rotatable bonds is 7. The third-order valence-electron chi connectivity index (χ3n) is 2.55. The van der Waals surface area contributed by atoms with Gasteiger partial charge in [-0.1, -0.05) is 25.4 Å². The van der Waals surface area contributed by atoms with E-state index in [1.165, 1.54) is 0 Å². The lowest BCUT2D eigenvalue weighted by Crippen LogP contribution is -2.12. The van der Waals surface area contributed by atoms with Crippen molar-refractivity contribution in [1.29, 1.82) is 0 Å². The fourth-order valence-corrected chi connectivity index (χ4v) is 1.57. The molecule has 1 aromatic rings. The summed E-state index contributed by atoms with van der Waals surface area (Å²) in [5.74, 6) is 0.829. The summed E-state index contributed by atoms with van der Waals surface area (Å²) in [4.78, 5) is 10.6. The molecular formula is C14H18ClO2. The van der Waals surface area contributed by atoms with Gasteiger partial charge in [0.05, 0.1) is 6.61 Å². The van der Waals surface area contributed by atoms with E-state index in [9.17, 15) is 4.79 Å². The first-order chi connectivity index (χ1) is 8.03. The molecule has 0 unspecified atom stereocenters. The van der Waals surface area contributed by atoms with Gasteiger partial charge in [-0.25, -0.2) is 0 Å². The quantitative estimate of drug-likeness (QED) is 0.686. The maximum atomic E-state index is 10.6. The number of hydrogen-bond donors (Lipinski definition) is 0. The molecule has 0 N–H and O–H groups in total. The largest absolute Gasteiger partial charge is 0.494 e. The summed E-state index contributed by atoms with van der Waals surface area (Å²) in [5, 5.41) is 0.709. The van der Waals surface area contributed by atoms with E-state index in [2.05, 4.69) is 6.29 Å². The molecule has 0 aromatic heterocycles. The number of hydrogen-bond acceptors (Lipinski definition) is 2. The van der Waals surface area contributed by atoms with Gasteiger partial charge < -0.3 is 4.74 Å². The molecule has 0 aliphatic carbocycles. The highest BCUT2D eigenvalue weighted by atomic mass is 35.5. The van der Waals surface area contributed by atoms with Crippen LogP contribution in [0.1, 0.15) is 33.1 Å². The Bertz CT molecular complexity index is 344. The summed E-state index contributed by atoms with van der Waals surface area (Å²) in [6.07, 6.45) is 4.80. The zero-order chi connectivity index (χ0) is 12.7. The lowest BCUT2D eigenvalue weighted by molar-refractivity contribution is 0.295. The third-order valence-corrected chi connectivity index (χ3v) is 2.81. The zero-order valence-electron chi connectivity index (χ0n) is 10.3. The van der Waals surface area contributed by atoms with Crippen LogP contribution in [0.4, 0.5) is 0 Å². The van der Waals surface area contributed by atoms with Crippen LogP contribution in [0.15, 0.2) is 24.3 Å². The monoisotopic (exact) mass is 253 g/mol. The molecular weight excluding hydrogens is 236 g/mol. The van der Waals surface area contributed by atoms with E-state index in [4.69, 9.17) is 16.3 Å². The van der Waals surface area contributed by atoms with Crippen LogP contribution in [-0.2, 0) is 4.79 Å². The molecule has 1 aromatic carbocycles. The molecule has 0 heterocycles. The Kier molecular flexibility index (Phi) is 5.49. The van der Waals surface area contributed by atoms with Crippen molar-refractivity contribution in [3.8, 4) is 5.75 Å². The Labute approximate surface area is 108 Å². The fraction of sp³-hybridized carbons (Fsp3) is 0.500. The van der Waals surface area contributed by atoms with Gasteiger partial charge in [-0.05, 0) is 43.5 Å². The second-order valence-electron chi connectivity index (χ2n) is 4.75. The minimum absolute atomic E-state index is 0.333. The van der Waals surface area contributed by atoms with Crippen molar-refractivity contribution in [3.63, 3.8) is 0 Å². The summed E-state index contributed by atoms with van der Waals surface area (Å²) < 4.78 is 5.55. The molecule has 0 fully saturated rings. The van der Waals surface area contributed by atoms with Crippen molar-refractivity contribution < 1.29 is 9.53 Å². The van der Waals surface area contributed by atoms with Gasteiger partial charge in [0.15, 0.2) is 0 Å². The highest BCUT2D eigenvalue weighted by molar-refractivity contribution is 6.30. The molecule has 0 saturated heterocycles. The van der Waals surface area contributed by atoms with Crippen molar-refractivity contribution in [2.75, 3.05) is 6.61 Å². The molecule has 1 rings (SSSR count). The Morgan fingerprint density at radius 3 is 2.47 bits per heavy atom. The second kappa shape index (κ2) is 6.65. The maximum Gasteiger partial charge on any atom is 0.204 e. The number of ether oxygens (including phenoxy) is 1. The third kappa shape index (κ3) is 5.73. The number of unbranched alkanes of at least 4 members (excludes halogenated alkanes) is 1. The Morgan fingerprint density at radius 1 is 1.24 bits per heavy atom. The van der Waals surface area contributed by atoms with Gasteiger partial charge in [0.2, 0.25) is 6.29 Å². The molecule has 2 nitrogen and oxygen atoms in total. The first kappa shape index (κ1) is 14.0. The molecule has 0 bridgehead atoms. The minimum Gasteiger partial charge on any atom is -0.494 e. The van der Waals surface area contributed by atoms with Gasteiger partial charge in [0, 0.05) is 10.4 Å². The highest BCUT2D eigenvalue weighted by Gasteiger charge is 2.16. The second-order valence-corrected chi connectivity index (χ2v) is 5.18. The van der Waals surface area contributed by atoms with Crippen LogP contribution >= 0.6 is 11.6 Å². The summed E-state index contributed by atoms with van der Waals surface area (Å²) >= 11 is 5.77. The molecule has 3 heteroatoms. The smallest absolute Gasteiger partial charge is 0.204 e. The average Bonchev–Trinajstić information content (AvgIpc) is 2.31. The molecule has 0 saturated carbocycles. The lowest BCUT2D eigenvalue weighted by atomic mass is 9.89. The summed E-state index contributed by atoms with van der Waals surface area (Å²) in [5.41, 5.74) is -0.333. The SMILES string of the molecule is CC(C)([C]=O)CCCCOc1ccc(Cl)cc1. The fourth-order valence-electron chi connectivity index (χ4n) is 1.44. The predicted octanol–water partition coefficient (Wildman–Crippen LogP) is 4.03. The van der Waals surface area contributed by atoms with Crippen LogP contribution in [0, 0.1) is 5.41 Å². The van der Waals surface area contributed by atoms with Crippen LogP contribution in [0.2, 0.25) is 5.02 Å². The maximum absolute atomic E-state index is 10.6. The summed E-state index contributed by atoms with van der Waals surface area (Å²) in [6.45, 7) is 4.47. The van der Waals surface area contributed by atoms with Crippen molar-refractivity contribution in [1.82, 2.24) is 0 Å². The van der Waals surface area contributed by atoms with E-state index < -0.39 is 0 Å². The van der Waals surface area contributed by atoms with Crippen molar-refractivity contribution >= 4 is 17.9 Å². The molecule has 0 amide bonds. The molecule has 0 aliphatic rings. The van der Waals surface area contributed by atoms with Crippen molar-refractivity contribution in [2.24, 2.45) is 5.41 Å². The summed E-state index contributed by atoms with van der Waals surface area (Å²) in [7, 11) is 0. The number of halogens is 1. The first-order valence-corrected chi connectivity index (χ1v) is 6.19.